The van der Waals surface area contributed by atoms with Gasteiger partial charge in [-0.25, -0.2) is 13.6 Å². The molecule has 12 heteroatoms. The maximum atomic E-state index is 15.2. The molecule has 0 aliphatic heterocycles. The Morgan fingerprint density at radius 1 is 0.884 bits per heavy atom. The van der Waals surface area contributed by atoms with Crippen molar-refractivity contribution in [2.24, 2.45) is 5.41 Å². The third kappa shape index (κ3) is 6.64. The van der Waals surface area contributed by atoms with Crippen LogP contribution in [0.5, 0.6) is 23.0 Å². The van der Waals surface area contributed by atoms with Crippen LogP contribution in [0.2, 0.25) is 0 Å². The quantitative estimate of drug-likeness (QED) is 0.183. The van der Waals surface area contributed by atoms with E-state index < -0.39 is 41.4 Å². The first-order valence-corrected chi connectivity index (χ1v) is 13.3. The number of anilines is 2. The van der Waals surface area contributed by atoms with Crippen molar-refractivity contribution in [3.63, 3.8) is 0 Å². The van der Waals surface area contributed by atoms with Gasteiger partial charge >= 0.3 is 5.97 Å². The molecule has 3 N–H and O–H groups in total. The van der Waals surface area contributed by atoms with Gasteiger partial charge < -0.3 is 30.0 Å². The lowest BCUT2D eigenvalue weighted by molar-refractivity contribution is -0.139. The molecule has 0 atom stereocenters. The standard InChI is InChI=1S/C31H27F2N3O7/c1-17(2)42-27-14-21-23(15-26(27)41-16-28(37)38)34-12-9-24(21)43-25-8-7-20(13-22(25)33)36-30(40)31(10-11-31)29(39)35-19-5-3-18(32)4-6-19/h3-9,12-15,17H,10-11,16H2,1-2H3,(H,35,39)(H,36,40)(H,37,38). The molecule has 2 amide bonds. The SMILES string of the molecule is CC(C)Oc1cc2c(Oc3ccc(NC(=O)C4(C(=O)Nc5ccc(F)cc5)CC4)cc3F)ccnc2cc1OCC(=O)O. The molecule has 1 fully saturated rings. The van der Waals surface area contributed by atoms with Crippen LogP contribution in [0.25, 0.3) is 10.9 Å². The van der Waals surface area contributed by atoms with E-state index in [2.05, 4.69) is 15.6 Å². The van der Waals surface area contributed by atoms with Crippen LogP contribution in [0, 0.1) is 17.0 Å². The van der Waals surface area contributed by atoms with Gasteiger partial charge in [0.2, 0.25) is 11.8 Å². The number of hydrogen-bond acceptors (Lipinski definition) is 7. The van der Waals surface area contributed by atoms with Crippen LogP contribution < -0.4 is 24.8 Å². The maximum Gasteiger partial charge on any atom is 0.341 e. The van der Waals surface area contributed by atoms with Crippen LogP contribution in [0.1, 0.15) is 26.7 Å². The lowest BCUT2D eigenvalue weighted by Gasteiger charge is -2.17. The molecular weight excluding hydrogens is 564 g/mol. The first-order chi connectivity index (χ1) is 20.5. The van der Waals surface area contributed by atoms with Crippen LogP contribution >= 0.6 is 0 Å². The molecule has 5 rings (SSSR count). The highest BCUT2D eigenvalue weighted by Crippen LogP contribution is 2.47. The molecule has 3 aromatic carbocycles. The molecule has 4 aromatic rings. The van der Waals surface area contributed by atoms with Gasteiger partial charge in [0.15, 0.2) is 29.7 Å². The number of nitrogens with zero attached hydrogens (tertiary/aromatic N) is 1. The highest BCUT2D eigenvalue weighted by Gasteiger charge is 2.56. The number of aliphatic carboxylic acids is 1. The van der Waals surface area contributed by atoms with E-state index in [1.165, 1.54) is 54.7 Å². The van der Waals surface area contributed by atoms with Crippen LogP contribution in [-0.4, -0.2) is 40.6 Å². The highest BCUT2D eigenvalue weighted by atomic mass is 19.1. The molecule has 222 valence electrons. The summed E-state index contributed by atoms with van der Waals surface area (Å²) >= 11 is 0. The second kappa shape index (κ2) is 11.9. The normalized spacial score (nSPS) is 13.3. The first kappa shape index (κ1) is 29.2. The average molecular weight is 592 g/mol. The Morgan fingerprint density at radius 2 is 1.56 bits per heavy atom. The van der Waals surface area contributed by atoms with Gasteiger partial charge in [0, 0.05) is 35.1 Å². The number of ether oxygens (including phenoxy) is 3. The van der Waals surface area contributed by atoms with E-state index in [1.54, 1.807) is 19.9 Å². The maximum absolute atomic E-state index is 15.2. The van der Waals surface area contributed by atoms with Crippen molar-refractivity contribution in [3.05, 3.63) is 78.5 Å². The lowest BCUT2D eigenvalue weighted by atomic mass is 10.0. The smallest absolute Gasteiger partial charge is 0.341 e. The molecule has 0 bridgehead atoms. The zero-order chi connectivity index (χ0) is 30.7. The molecule has 1 aliphatic carbocycles. The van der Waals surface area contributed by atoms with Gasteiger partial charge in [0.05, 0.1) is 11.6 Å². The van der Waals surface area contributed by atoms with Crippen molar-refractivity contribution in [1.82, 2.24) is 4.98 Å². The van der Waals surface area contributed by atoms with Gasteiger partial charge in [-0.15, -0.1) is 0 Å². The summed E-state index contributed by atoms with van der Waals surface area (Å²) in [5, 5.41) is 14.7. The summed E-state index contributed by atoms with van der Waals surface area (Å²) in [7, 11) is 0. The molecule has 1 aliphatic rings. The van der Waals surface area contributed by atoms with Gasteiger partial charge in [-0.1, -0.05) is 0 Å². The molecule has 43 heavy (non-hydrogen) atoms. The van der Waals surface area contributed by atoms with Crippen molar-refractivity contribution in [2.45, 2.75) is 32.8 Å². The van der Waals surface area contributed by atoms with Crippen molar-refractivity contribution in [2.75, 3.05) is 17.2 Å². The monoisotopic (exact) mass is 591 g/mol. The first-order valence-electron chi connectivity index (χ1n) is 13.3. The third-order valence-corrected chi connectivity index (χ3v) is 6.61. The van der Waals surface area contributed by atoms with E-state index in [0.717, 1.165) is 6.07 Å². The van der Waals surface area contributed by atoms with Crippen LogP contribution in [0.3, 0.4) is 0 Å². The summed E-state index contributed by atoms with van der Waals surface area (Å²) in [5.41, 5.74) is -0.428. The molecular formula is C31H27F2N3O7. The molecule has 0 unspecified atom stereocenters. The second-order valence-corrected chi connectivity index (χ2v) is 10.2. The number of carboxylic acids is 1. The van der Waals surface area contributed by atoms with Crippen LogP contribution in [0.4, 0.5) is 20.2 Å². The number of nitrogens with one attached hydrogen (secondary N) is 2. The summed E-state index contributed by atoms with van der Waals surface area (Å²) in [5.74, 6) is -2.95. The van der Waals surface area contributed by atoms with Crippen molar-refractivity contribution >= 4 is 40.1 Å². The highest BCUT2D eigenvalue weighted by molar-refractivity contribution is 6.16. The molecule has 0 saturated heterocycles. The van der Waals surface area contributed by atoms with Crippen molar-refractivity contribution < 1.29 is 42.5 Å². The summed E-state index contributed by atoms with van der Waals surface area (Å²) in [6, 6.07) is 13.7. The van der Waals surface area contributed by atoms with Gasteiger partial charge in [-0.2, -0.15) is 0 Å². The van der Waals surface area contributed by atoms with Crippen molar-refractivity contribution in [1.29, 1.82) is 0 Å². The Kier molecular flexibility index (Phi) is 8.11. The van der Waals surface area contributed by atoms with Crippen LogP contribution in [0.15, 0.2) is 66.9 Å². The van der Waals surface area contributed by atoms with E-state index in [9.17, 15) is 18.8 Å². The zero-order valence-electron chi connectivity index (χ0n) is 23.1. The minimum atomic E-state index is -1.31. The summed E-state index contributed by atoms with van der Waals surface area (Å²) in [4.78, 5) is 41.1. The topological polar surface area (TPSA) is 136 Å². The number of rotatable bonds is 11. The fourth-order valence-electron chi connectivity index (χ4n) is 4.31. The number of fused-ring (bicyclic) bond motifs is 1. The van der Waals surface area contributed by atoms with Crippen molar-refractivity contribution in [3.8, 4) is 23.0 Å². The Bertz CT molecular complexity index is 1710. The number of carbonyl (C=O) groups is 3. The minimum Gasteiger partial charge on any atom is -0.487 e. The van der Waals surface area contributed by atoms with E-state index in [0.29, 0.717) is 29.4 Å². The van der Waals surface area contributed by atoms with Crippen LogP contribution in [-0.2, 0) is 14.4 Å². The average Bonchev–Trinajstić information content (AvgIpc) is 3.77. The van der Waals surface area contributed by atoms with Gasteiger partial charge in [-0.3, -0.25) is 14.6 Å². The zero-order valence-corrected chi connectivity index (χ0v) is 23.1. The molecule has 1 aromatic heterocycles. The number of carbonyl (C=O) groups excluding carboxylic acids is 2. The molecule has 1 heterocycles. The number of amides is 2. The molecule has 0 radical (unpaired) electrons. The van der Waals surface area contributed by atoms with E-state index in [1.807, 2.05) is 0 Å². The van der Waals surface area contributed by atoms with Gasteiger partial charge in [0.25, 0.3) is 0 Å². The summed E-state index contributed by atoms with van der Waals surface area (Å²) in [6.45, 7) is 3.01. The fourth-order valence-corrected chi connectivity index (χ4v) is 4.31. The predicted octanol–water partition coefficient (Wildman–Crippen LogP) is 5.91. The number of halogens is 2. The fraction of sp³-hybridized carbons (Fsp3) is 0.226. The number of carboxylic acid groups (broad SMARTS) is 1. The number of benzene rings is 3. The summed E-state index contributed by atoms with van der Waals surface area (Å²) in [6.07, 6.45) is 1.82. The minimum absolute atomic E-state index is 0.128. The summed E-state index contributed by atoms with van der Waals surface area (Å²) < 4.78 is 45.4. The van der Waals surface area contributed by atoms with Gasteiger partial charge in [-0.05, 0) is 75.2 Å². The van der Waals surface area contributed by atoms with E-state index >= 15 is 4.39 Å². The molecule has 1 saturated carbocycles. The van der Waals surface area contributed by atoms with E-state index in [4.69, 9.17) is 19.3 Å². The number of pyridine rings is 1. The second-order valence-electron chi connectivity index (χ2n) is 10.2. The predicted molar refractivity (Wildman–Crippen MR) is 152 cm³/mol. The largest absolute Gasteiger partial charge is 0.487 e. The Labute approximate surface area is 244 Å². The van der Waals surface area contributed by atoms with Gasteiger partial charge in [0.1, 0.15) is 17.0 Å². The van der Waals surface area contributed by atoms with E-state index in [-0.39, 0.29) is 34.8 Å². The Hall–Kier alpha value is -5.26. The number of aromatic nitrogens is 1. The lowest BCUT2D eigenvalue weighted by Crippen LogP contribution is -2.35. The third-order valence-electron chi connectivity index (χ3n) is 6.61. The number of hydrogen-bond donors (Lipinski definition) is 3. The molecule has 0 spiro atoms. The molecule has 10 nitrogen and oxygen atoms in total. The Balaban J connectivity index is 1.32. The Morgan fingerprint density at radius 3 is 2.19 bits per heavy atom.